The normalized spacial score (nSPS) is 12.4. The van der Waals surface area contributed by atoms with Crippen LogP contribution in [0.25, 0.3) is 0 Å². The molecule has 0 aliphatic heterocycles. The van der Waals surface area contributed by atoms with Gasteiger partial charge < -0.3 is 15.4 Å². The van der Waals surface area contributed by atoms with E-state index in [4.69, 9.17) is 0 Å². The topological polar surface area (TPSA) is 83.8 Å². The van der Waals surface area contributed by atoms with Crippen molar-refractivity contribution in [3.63, 3.8) is 0 Å². The fourth-order valence-electron chi connectivity index (χ4n) is 1.29. The highest BCUT2D eigenvalue weighted by molar-refractivity contribution is 5.55. The Bertz CT molecular complexity index is 310. The number of nitrogens with one attached hydrogen (secondary N) is 2. The van der Waals surface area contributed by atoms with E-state index in [0.29, 0.717) is 5.69 Å². The summed E-state index contributed by atoms with van der Waals surface area (Å²) < 4.78 is 0. The molecular weight excluding hydrogens is 184 g/mol. The number of anilines is 1. The van der Waals surface area contributed by atoms with Gasteiger partial charge in [0.15, 0.2) is 5.69 Å². The summed E-state index contributed by atoms with van der Waals surface area (Å²) in [6.45, 7) is 4.06. The van der Waals surface area contributed by atoms with Crippen molar-refractivity contribution in [3.05, 3.63) is 16.3 Å². The van der Waals surface area contributed by atoms with Crippen molar-refractivity contribution in [3.8, 4) is 0 Å². The van der Waals surface area contributed by atoms with Crippen LogP contribution in [-0.2, 0) is 0 Å². The van der Waals surface area contributed by atoms with E-state index in [-0.39, 0.29) is 11.9 Å². The monoisotopic (exact) mass is 198 g/mol. The van der Waals surface area contributed by atoms with Crippen molar-refractivity contribution in [1.82, 2.24) is 10.2 Å². The van der Waals surface area contributed by atoms with E-state index in [2.05, 4.69) is 22.4 Å². The van der Waals surface area contributed by atoms with E-state index in [1.54, 1.807) is 0 Å². The van der Waals surface area contributed by atoms with E-state index in [9.17, 15) is 10.1 Å². The summed E-state index contributed by atoms with van der Waals surface area (Å²) in [5, 5.41) is 19.5. The van der Waals surface area contributed by atoms with Gasteiger partial charge in [0, 0.05) is 6.04 Å². The van der Waals surface area contributed by atoms with Gasteiger partial charge in [-0.1, -0.05) is 18.4 Å². The molecule has 6 heteroatoms. The number of H-pyrrole nitrogens is 1. The first-order chi connectivity index (χ1) is 6.65. The van der Waals surface area contributed by atoms with Crippen LogP contribution in [0.1, 0.15) is 26.7 Å². The molecular formula is C8H14N4O2. The molecule has 0 aliphatic carbocycles. The quantitative estimate of drug-likeness (QED) is 0.559. The summed E-state index contributed by atoms with van der Waals surface area (Å²) in [7, 11) is 0. The molecule has 1 unspecified atom stereocenters. The van der Waals surface area contributed by atoms with Crippen LogP contribution in [0.5, 0.6) is 0 Å². The number of hydrogen-bond acceptors (Lipinski definition) is 4. The molecule has 0 radical (unpaired) electrons. The van der Waals surface area contributed by atoms with Crippen LogP contribution in [0.2, 0.25) is 0 Å². The molecule has 1 aromatic rings. The van der Waals surface area contributed by atoms with Gasteiger partial charge in [0.05, 0.1) is 0 Å². The Kier molecular flexibility index (Phi) is 3.44. The lowest BCUT2D eigenvalue weighted by molar-refractivity contribution is -0.388. The zero-order valence-electron chi connectivity index (χ0n) is 8.28. The first-order valence-electron chi connectivity index (χ1n) is 4.59. The molecule has 1 atom stereocenters. The molecule has 0 saturated carbocycles. The predicted octanol–water partition coefficient (Wildman–Crippen LogP) is 1.92. The SMILES string of the molecule is CCCC(C)Nc1cn[nH]c1[N+](=O)[O-]. The van der Waals surface area contributed by atoms with Gasteiger partial charge in [-0.15, -0.1) is 5.10 Å². The first-order valence-corrected chi connectivity index (χ1v) is 4.59. The van der Waals surface area contributed by atoms with Gasteiger partial charge >= 0.3 is 5.82 Å². The fraction of sp³-hybridized carbons (Fsp3) is 0.625. The minimum atomic E-state index is -0.478. The van der Waals surface area contributed by atoms with Gasteiger partial charge in [0.2, 0.25) is 0 Å². The molecule has 0 saturated heterocycles. The smallest absolute Gasteiger partial charge is 0.366 e. The lowest BCUT2D eigenvalue weighted by Crippen LogP contribution is -2.14. The maximum Gasteiger partial charge on any atom is 0.366 e. The lowest BCUT2D eigenvalue weighted by atomic mass is 10.2. The predicted molar refractivity (Wildman–Crippen MR) is 53.2 cm³/mol. The van der Waals surface area contributed by atoms with Crippen LogP contribution in [-0.4, -0.2) is 21.2 Å². The van der Waals surface area contributed by atoms with Gasteiger partial charge in [-0.2, -0.15) is 0 Å². The molecule has 0 aliphatic rings. The summed E-state index contributed by atoms with van der Waals surface area (Å²) in [4.78, 5) is 10.0. The molecule has 0 spiro atoms. The summed E-state index contributed by atoms with van der Waals surface area (Å²) in [5.74, 6) is -0.0760. The molecule has 0 bridgehead atoms. The second kappa shape index (κ2) is 4.59. The first kappa shape index (κ1) is 10.5. The Morgan fingerprint density at radius 1 is 1.79 bits per heavy atom. The molecule has 1 aromatic heterocycles. The Hall–Kier alpha value is -1.59. The number of nitrogens with zero attached hydrogens (tertiary/aromatic N) is 2. The van der Waals surface area contributed by atoms with Crippen LogP contribution in [0.3, 0.4) is 0 Å². The molecule has 0 fully saturated rings. The van der Waals surface area contributed by atoms with E-state index in [1.807, 2.05) is 6.92 Å². The third kappa shape index (κ3) is 2.45. The zero-order chi connectivity index (χ0) is 10.6. The van der Waals surface area contributed by atoms with Crippen LogP contribution in [0, 0.1) is 10.1 Å². The lowest BCUT2D eigenvalue weighted by Gasteiger charge is -2.11. The Morgan fingerprint density at radius 3 is 3.07 bits per heavy atom. The minimum Gasteiger partial charge on any atom is -0.374 e. The van der Waals surface area contributed by atoms with E-state index in [1.165, 1.54) is 6.20 Å². The number of rotatable bonds is 5. The highest BCUT2D eigenvalue weighted by atomic mass is 16.6. The summed E-state index contributed by atoms with van der Waals surface area (Å²) in [6.07, 6.45) is 3.45. The largest absolute Gasteiger partial charge is 0.374 e. The molecule has 0 amide bonds. The standard InChI is InChI=1S/C8H14N4O2/c1-3-4-6(2)10-7-5-9-11-8(7)12(13)14/h5-6,10H,3-4H2,1-2H3,(H,9,11). The molecule has 78 valence electrons. The number of aromatic nitrogens is 2. The summed E-state index contributed by atoms with van der Waals surface area (Å²) >= 11 is 0. The second-order valence-electron chi connectivity index (χ2n) is 3.22. The highest BCUT2D eigenvalue weighted by Gasteiger charge is 2.15. The number of hydrogen-bond donors (Lipinski definition) is 2. The van der Waals surface area contributed by atoms with Crippen LogP contribution in [0.4, 0.5) is 11.5 Å². The number of aromatic amines is 1. The Morgan fingerprint density at radius 2 is 2.50 bits per heavy atom. The molecule has 14 heavy (non-hydrogen) atoms. The van der Waals surface area contributed by atoms with Gasteiger partial charge in [-0.25, -0.2) is 0 Å². The highest BCUT2D eigenvalue weighted by Crippen LogP contribution is 2.21. The molecule has 2 N–H and O–H groups in total. The van der Waals surface area contributed by atoms with Gasteiger partial charge in [-0.05, 0) is 18.3 Å². The van der Waals surface area contributed by atoms with E-state index >= 15 is 0 Å². The van der Waals surface area contributed by atoms with Gasteiger partial charge in [-0.3, -0.25) is 0 Å². The molecule has 6 nitrogen and oxygen atoms in total. The van der Waals surface area contributed by atoms with E-state index < -0.39 is 4.92 Å². The van der Waals surface area contributed by atoms with Crippen molar-refractivity contribution in [1.29, 1.82) is 0 Å². The summed E-state index contributed by atoms with van der Waals surface area (Å²) in [5.41, 5.74) is 0.455. The molecule has 0 aromatic carbocycles. The van der Waals surface area contributed by atoms with Crippen molar-refractivity contribution in [2.24, 2.45) is 0 Å². The van der Waals surface area contributed by atoms with Crippen LogP contribution >= 0.6 is 0 Å². The molecule has 1 heterocycles. The maximum atomic E-state index is 10.5. The third-order valence-electron chi connectivity index (χ3n) is 1.93. The molecule has 1 rings (SSSR count). The van der Waals surface area contributed by atoms with Crippen LogP contribution < -0.4 is 5.32 Å². The second-order valence-corrected chi connectivity index (χ2v) is 3.22. The van der Waals surface area contributed by atoms with Crippen molar-refractivity contribution < 1.29 is 4.92 Å². The van der Waals surface area contributed by atoms with Crippen LogP contribution in [0.15, 0.2) is 6.20 Å². The average Bonchev–Trinajstić information content (AvgIpc) is 2.52. The third-order valence-corrected chi connectivity index (χ3v) is 1.93. The summed E-state index contributed by atoms with van der Waals surface area (Å²) in [6, 6.07) is 0.219. The van der Waals surface area contributed by atoms with Crippen molar-refractivity contribution >= 4 is 11.5 Å². The van der Waals surface area contributed by atoms with E-state index in [0.717, 1.165) is 12.8 Å². The Labute approximate surface area is 81.9 Å². The van der Waals surface area contributed by atoms with Gasteiger partial charge in [0.1, 0.15) is 6.20 Å². The zero-order valence-corrected chi connectivity index (χ0v) is 8.28. The number of nitro groups is 1. The van der Waals surface area contributed by atoms with Crippen molar-refractivity contribution in [2.75, 3.05) is 5.32 Å². The average molecular weight is 198 g/mol. The van der Waals surface area contributed by atoms with Gasteiger partial charge in [0.25, 0.3) is 0 Å². The Balaban J connectivity index is 2.66. The van der Waals surface area contributed by atoms with Crippen molar-refractivity contribution in [2.45, 2.75) is 32.7 Å². The fourth-order valence-corrected chi connectivity index (χ4v) is 1.29. The maximum absolute atomic E-state index is 10.5. The minimum absolute atomic E-state index is 0.0760.